The van der Waals surface area contributed by atoms with Gasteiger partial charge in [-0.3, -0.25) is 14.5 Å². The van der Waals surface area contributed by atoms with Crippen LogP contribution in [0.3, 0.4) is 0 Å². The molecule has 1 spiro atoms. The number of sulfone groups is 1. The summed E-state index contributed by atoms with van der Waals surface area (Å²) in [6.07, 6.45) is 0. The highest BCUT2D eigenvalue weighted by Crippen LogP contribution is 2.52. The predicted octanol–water partition coefficient (Wildman–Crippen LogP) is 3.46. The minimum Gasteiger partial charge on any atom is -0.304 e. The summed E-state index contributed by atoms with van der Waals surface area (Å²) in [6.45, 7) is 4.08. The smallest absolute Gasteiger partial charge is 0.274 e. The molecule has 2 heterocycles. The summed E-state index contributed by atoms with van der Waals surface area (Å²) in [5.41, 5.74) is 4.12. The van der Waals surface area contributed by atoms with E-state index in [1.165, 1.54) is 9.80 Å². The lowest BCUT2D eigenvalue weighted by Crippen LogP contribution is -2.54. The number of nitrogens with zero attached hydrogens (tertiary/aromatic N) is 2. The third-order valence-electron chi connectivity index (χ3n) is 6.14. The number of rotatable bonds is 3. The van der Waals surface area contributed by atoms with Crippen molar-refractivity contribution < 1.29 is 18.0 Å². The number of fused-ring (bicyclic) bond motifs is 2. The molecule has 7 heteroatoms. The van der Waals surface area contributed by atoms with Crippen LogP contribution < -0.4 is 9.80 Å². The number of amides is 2. The highest BCUT2D eigenvalue weighted by atomic mass is 32.2. The van der Waals surface area contributed by atoms with E-state index in [1.807, 2.05) is 38.1 Å². The second-order valence-electron chi connectivity index (χ2n) is 8.37. The minimum absolute atomic E-state index is 0.213. The van der Waals surface area contributed by atoms with Gasteiger partial charge in [-0.1, -0.05) is 65.7 Å². The lowest BCUT2D eigenvalue weighted by Gasteiger charge is -2.32. The van der Waals surface area contributed by atoms with Gasteiger partial charge in [0.1, 0.15) is 5.75 Å². The van der Waals surface area contributed by atoms with Crippen LogP contribution in [-0.2, 0) is 30.8 Å². The van der Waals surface area contributed by atoms with Crippen molar-refractivity contribution in [2.45, 2.75) is 25.3 Å². The molecule has 6 nitrogen and oxygen atoms in total. The summed E-state index contributed by atoms with van der Waals surface area (Å²) in [5, 5.41) is 0. The van der Waals surface area contributed by atoms with Crippen molar-refractivity contribution in [1.29, 1.82) is 0 Å². The van der Waals surface area contributed by atoms with Gasteiger partial charge in [0.25, 0.3) is 10.8 Å². The van der Waals surface area contributed by atoms with E-state index in [1.54, 1.807) is 48.5 Å². The molecule has 5 rings (SSSR count). The van der Waals surface area contributed by atoms with Crippen molar-refractivity contribution in [1.82, 2.24) is 0 Å². The third-order valence-corrected chi connectivity index (χ3v) is 8.24. The fourth-order valence-corrected chi connectivity index (χ4v) is 6.77. The summed E-state index contributed by atoms with van der Waals surface area (Å²) < 4.78 is 27.1. The van der Waals surface area contributed by atoms with Crippen LogP contribution >= 0.6 is 0 Å². The maximum absolute atomic E-state index is 14.0. The van der Waals surface area contributed by atoms with Gasteiger partial charge in [-0.15, -0.1) is 0 Å². The molecule has 0 aromatic heterocycles. The maximum atomic E-state index is 14.0. The number of aryl methyl sites for hydroxylation is 2. The van der Waals surface area contributed by atoms with E-state index in [4.69, 9.17) is 0 Å². The van der Waals surface area contributed by atoms with Crippen molar-refractivity contribution in [3.05, 3.63) is 95.1 Å². The Bertz CT molecular complexity index is 1360. The highest BCUT2D eigenvalue weighted by Gasteiger charge is 2.69. The number of carbonyl (C=O) groups excluding carboxylic acids is 2. The van der Waals surface area contributed by atoms with Crippen molar-refractivity contribution in [3.8, 4) is 0 Å². The zero-order valence-corrected chi connectivity index (χ0v) is 18.6. The molecule has 1 fully saturated rings. The molecule has 2 aliphatic rings. The molecule has 2 aliphatic heterocycles. The summed E-state index contributed by atoms with van der Waals surface area (Å²) in [5.74, 6) is -1.93. The van der Waals surface area contributed by atoms with Gasteiger partial charge in [-0.25, -0.2) is 8.42 Å². The molecular weight excluding hydrogens is 424 g/mol. The van der Waals surface area contributed by atoms with Crippen LogP contribution in [0.4, 0.5) is 11.4 Å². The average molecular weight is 447 g/mol. The van der Waals surface area contributed by atoms with Crippen LogP contribution in [0, 0.1) is 13.8 Å². The summed E-state index contributed by atoms with van der Waals surface area (Å²) >= 11 is 0. The monoisotopic (exact) mass is 446 g/mol. The molecule has 1 atom stereocenters. The molecule has 1 saturated heterocycles. The third kappa shape index (κ3) is 2.74. The Morgan fingerprint density at radius 1 is 0.875 bits per heavy atom. The maximum Gasteiger partial charge on any atom is 0.274 e. The normalized spacial score (nSPS) is 21.4. The van der Waals surface area contributed by atoms with Crippen LogP contribution in [0.1, 0.15) is 22.3 Å². The fourth-order valence-electron chi connectivity index (χ4n) is 4.74. The van der Waals surface area contributed by atoms with Crippen LogP contribution in [-0.4, -0.2) is 26.0 Å². The van der Waals surface area contributed by atoms with E-state index in [0.717, 1.165) is 16.7 Å². The van der Waals surface area contributed by atoms with Crippen LogP contribution in [0.2, 0.25) is 0 Å². The second kappa shape index (κ2) is 7.03. The number of carbonyl (C=O) groups is 2. The number of benzene rings is 3. The Labute approximate surface area is 187 Å². The van der Waals surface area contributed by atoms with Gasteiger partial charge in [-0.05, 0) is 37.6 Å². The SMILES string of the molecule is Cc1ccc(N2C(=O)CS(=O)(=O)[C@@]23C(=O)N(Cc2cccc(C)c2)c2ccccc23)cc1. The molecule has 2 amide bonds. The quantitative estimate of drug-likeness (QED) is 0.618. The van der Waals surface area contributed by atoms with Crippen LogP contribution in [0.25, 0.3) is 0 Å². The van der Waals surface area contributed by atoms with Gasteiger partial charge in [0.15, 0.2) is 9.84 Å². The standard InChI is InChI=1S/C25H22N2O4S/c1-17-10-12-20(13-11-17)27-23(28)16-32(30,31)25(27)21-8-3-4-9-22(21)26(24(25)29)15-19-7-5-6-18(2)14-19/h3-14H,15-16H2,1-2H3/t25-/m0/s1. The van der Waals surface area contributed by atoms with E-state index < -0.39 is 32.3 Å². The van der Waals surface area contributed by atoms with Gasteiger partial charge < -0.3 is 4.90 Å². The van der Waals surface area contributed by atoms with Crippen molar-refractivity contribution in [2.75, 3.05) is 15.6 Å². The Balaban J connectivity index is 1.73. The summed E-state index contributed by atoms with van der Waals surface area (Å²) in [6, 6.07) is 21.6. The molecule has 32 heavy (non-hydrogen) atoms. The Hall–Kier alpha value is -3.45. The predicted molar refractivity (Wildman–Crippen MR) is 123 cm³/mol. The molecule has 3 aromatic rings. The van der Waals surface area contributed by atoms with Crippen molar-refractivity contribution in [3.63, 3.8) is 0 Å². The molecule has 0 radical (unpaired) electrons. The largest absolute Gasteiger partial charge is 0.304 e. The lowest BCUT2D eigenvalue weighted by atomic mass is 10.0. The van der Waals surface area contributed by atoms with Crippen molar-refractivity contribution >= 4 is 33.0 Å². The van der Waals surface area contributed by atoms with Gasteiger partial charge in [0, 0.05) is 11.3 Å². The number of para-hydroxylation sites is 1. The first-order valence-electron chi connectivity index (χ1n) is 10.3. The van der Waals surface area contributed by atoms with E-state index in [-0.39, 0.29) is 6.54 Å². The first-order valence-corrected chi connectivity index (χ1v) is 12.0. The van der Waals surface area contributed by atoms with Crippen LogP contribution in [0.15, 0.2) is 72.8 Å². The van der Waals surface area contributed by atoms with Gasteiger partial charge in [0.2, 0.25) is 5.91 Å². The molecule has 162 valence electrons. The second-order valence-corrected chi connectivity index (χ2v) is 10.5. The van der Waals surface area contributed by atoms with E-state index in [9.17, 15) is 18.0 Å². The summed E-state index contributed by atoms with van der Waals surface area (Å²) in [4.78, 5) is 27.7. The first-order chi connectivity index (χ1) is 15.3. The van der Waals surface area contributed by atoms with Gasteiger partial charge >= 0.3 is 0 Å². The van der Waals surface area contributed by atoms with Crippen molar-refractivity contribution in [2.24, 2.45) is 0 Å². The van der Waals surface area contributed by atoms with Crippen LogP contribution in [0.5, 0.6) is 0 Å². The first kappa shape index (κ1) is 20.5. The molecule has 0 bridgehead atoms. The zero-order valence-electron chi connectivity index (χ0n) is 17.8. The number of anilines is 2. The van der Waals surface area contributed by atoms with Gasteiger partial charge in [-0.2, -0.15) is 0 Å². The summed E-state index contributed by atoms with van der Waals surface area (Å²) in [7, 11) is -4.15. The van der Waals surface area contributed by atoms with E-state index in [2.05, 4.69) is 0 Å². The zero-order chi connectivity index (χ0) is 22.7. The van der Waals surface area contributed by atoms with Gasteiger partial charge in [0.05, 0.1) is 12.2 Å². The molecule has 3 aromatic carbocycles. The Morgan fingerprint density at radius 2 is 1.59 bits per heavy atom. The number of hydrogen-bond acceptors (Lipinski definition) is 4. The molecule has 0 unspecified atom stereocenters. The minimum atomic E-state index is -4.15. The molecular formula is C25H22N2O4S. The molecule has 0 aliphatic carbocycles. The molecule has 0 N–H and O–H groups in total. The topological polar surface area (TPSA) is 74.8 Å². The average Bonchev–Trinajstić information content (AvgIpc) is 3.12. The number of hydrogen-bond donors (Lipinski definition) is 0. The Morgan fingerprint density at radius 3 is 2.31 bits per heavy atom. The molecule has 0 saturated carbocycles. The van der Waals surface area contributed by atoms with E-state index in [0.29, 0.717) is 16.9 Å². The fraction of sp³-hybridized carbons (Fsp3) is 0.200. The van der Waals surface area contributed by atoms with E-state index >= 15 is 0 Å². The Kier molecular flexibility index (Phi) is 4.49. The lowest BCUT2D eigenvalue weighted by molar-refractivity contribution is -0.123. The highest BCUT2D eigenvalue weighted by molar-refractivity contribution is 7.94.